The third kappa shape index (κ3) is 3.70. The average Bonchev–Trinajstić information content (AvgIpc) is 2.38. The molecule has 1 aliphatic heterocycles. The van der Waals surface area contributed by atoms with E-state index in [2.05, 4.69) is 15.9 Å². The van der Waals surface area contributed by atoms with Crippen molar-refractivity contribution in [2.75, 3.05) is 13.1 Å². The number of halogens is 1. The molecule has 102 valence electrons. The molecule has 0 radical (unpaired) electrons. The largest absolute Gasteiger partial charge is 0.490 e. The van der Waals surface area contributed by atoms with Crippen LogP contribution < -0.4 is 4.74 Å². The lowest BCUT2D eigenvalue weighted by atomic mass is 10.1. The van der Waals surface area contributed by atoms with Crippen molar-refractivity contribution in [3.05, 3.63) is 28.2 Å². The first-order chi connectivity index (χ1) is 9.08. The van der Waals surface area contributed by atoms with Gasteiger partial charge in [0.2, 0.25) is 0 Å². The normalized spacial score (nSPS) is 16.2. The van der Waals surface area contributed by atoms with Crippen LogP contribution in [0.25, 0.3) is 0 Å². The Morgan fingerprint density at radius 3 is 2.63 bits per heavy atom. The number of ether oxygens (including phenoxy) is 1. The number of carbonyl (C=O) groups excluding carboxylic acids is 1. The molecule has 1 heterocycles. The third-order valence-corrected chi connectivity index (χ3v) is 3.50. The lowest BCUT2D eigenvalue weighted by Gasteiger charge is -2.30. The molecule has 1 fully saturated rings. The van der Waals surface area contributed by atoms with Crippen LogP contribution in [0.4, 0.5) is 4.79 Å². The summed E-state index contributed by atoms with van der Waals surface area (Å²) in [7, 11) is 0. The summed E-state index contributed by atoms with van der Waals surface area (Å²) < 4.78 is 6.59. The van der Waals surface area contributed by atoms with E-state index in [1.165, 1.54) is 4.90 Å². The van der Waals surface area contributed by atoms with Gasteiger partial charge in [0.25, 0.3) is 0 Å². The first-order valence-corrected chi connectivity index (χ1v) is 6.78. The molecule has 0 bridgehead atoms. The SMILES string of the molecule is O=Cc1cc(Br)cc(OC2CCN(C(=O)O)CC2)c1. The summed E-state index contributed by atoms with van der Waals surface area (Å²) in [5.74, 6) is 0.630. The zero-order chi connectivity index (χ0) is 13.8. The molecule has 1 aliphatic rings. The van der Waals surface area contributed by atoms with E-state index in [1.54, 1.807) is 18.2 Å². The summed E-state index contributed by atoms with van der Waals surface area (Å²) in [5, 5.41) is 8.86. The monoisotopic (exact) mass is 327 g/mol. The van der Waals surface area contributed by atoms with Crippen molar-refractivity contribution in [3.8, 4) is 5.75 Å². The standard InChI is InChI=1S/C13H14BrNO4/c14-10-5-9(8-16)6-12(7-10)19-11-1-3-15(4-2-11)13(17)18/h5-8,11H,1-4H2,(H,17,18). The van der Waals surface area contributed by atoms with Gasteiger partial charge in [0, 0.05) is 36.0 Å². The number of hydrogen-bond acceptors (Lipinski definition) is 3. The summed E-state index contributed by atoms with van der Waals surface area (Å²) >= 11 is 3.32. The number of hydrogen-bond donors (Lipinski definition) is 1. The smallest absolute Gasteiger partial charge is 0.407 e. The number of carboxylic acid groups (broad SMARTS) is 1. The van der Waals surface area contributed by atoms with E-state index >= 15 is 0 Å². The van der Waals surface area contributed by atoms with E-state index in [9.17, 15) is 9.59 Å². The van der Waals surface area contributed by atoms with Gasteiger partial charge < -0.3 is 14.7 Å². The van der Waals surface area contributed by atoms with Crippen LogP contribution in [0.1, 0.15) is 23.2 Å². The zero-order valence-corrected chi connectivity index (χ0v) is 11.8. The Balaban J connectivity index is 1.97. The van der Waals surface area contributed by atoms with Crippen LogP contribution >= 0.6 is 15.9 Å². The summed E-state index contributed by atoms with van der Waals surface area (Å²) in [5.41, 5.74) is 0.548. The Hall–Kier alpha value is -1.56. The molecule has 0 aliphatic carbocycles. The van der Waals surface area contributed by atoms with E-state index in [1.807, 2.05) is 0 Å². The summed E-state index contributed by atoms with van der Waals surface area (Å²) in [6, 6.07) is 5.20. The number of rotatable bonds is 3. The van der Waals surface area contributed by atoms with Gasteiger partial charge in [-0.2, -0.15) is 0 Å². The molecule has 1 saturated heterocycles. The van der Waals surface area contributed by atoms with Gasteiger partial charge in [-0.1, -0.05) is 15.9 Å². The number of likely N-dealkylation sites (tertiary alicyclic amines) is 1. The van der Waals surface area contributed by atoms with Crippen LogP contribution in [0.15, 0.2) is 22.7 Å². The van der Waals surface area contributed by atoms with E-state index in [4.69, 9.17) is 9.84 Å². The molecule has 0 spiro atoms. The summed E-state index contributed by atoms with van der Waals surface area (Å²) in [6.07, 6.45) is 1.20. The lowest BCUT2D eigenvalue weighted by Crippen LogP contribution is -2.41. The highest BCUT2D eigenvalue weighted by Gasteiger charge is 2.23. The Labute approximate surface area is 119 Å². The van der Waals surface area contributed by atoms with Crippen molar-refractivity contribution in [1.82, 2.24) is 4.90 Å². The Morgan fingerprint density at radius 1 is 1.37 bits per heavy atom. The molecule has 5 nitrogen and oxygen atoms in total. The molecule has 19 heavy (non-hydrogen) atoms. The molecule has 2 rings (SSSR count). The Morgan fingerprint density at radius 2 is 2.05 bits per heavy atom. The predicted octanol–water partition coefficient (Wildman–Crippen LogP) is 2.78. The van der Waals surface area contributed by atoms with Gasteiger partial charge in [0.15, 0.2) is 0 Å². The van der Waals surface area contributed by atoms with Crippen molar-refractivity contribution < 1.29 is 19.4 Å². The Bertz CT molecular complexity index is 484. The number of piperidine rings is 1. The molecule has 1 amide bonds. The highest BCUT2D eigenvalue weighted by molar-refractivity contribution is 9.10. The molecule has 0 atom stereocenters. The summed E-state index contributed by atoms with van der Waals surface area (Å²) in [6.45, 7) is 0.961. The minimum Gasteiger partial charge on any atom is -0.490 e. The lowest BCUT2D eigenvalue weighted by molar-refractivity contribution is 0.0892. The highest BCUT2D eigenvalue weighted by Crippen LogP contribution is 2.24. The zero-order valence-electron chi connectivity index (χ0n) is 10.2. The fourth-order valence-electron chi connectivity index (χ4n) is 2.08. The number of nitrogens with zero attached hydrogens (tertiary/aromatic N) is 1. The average molecular weight is 328 g/mol. The minimum atomic E-state index is -0.885. The van der Waals surface area contributed by atoms with Crippen LogP contribution in [0, 0.1) is 0 Å². The quantitative estimate of drug-likeness (QED) is 0.867. The van der Waals surface area contributed by atoms with Gasteiger partial charge in [-0.15, -0.1) is 0 Å². The van der Waals surface area contributed by atoms with E-state index < -0.39 is 6.09 Å². The first-order valence-electron chi connectivity index (χ1n) is 5.99. The van der Waals surface area contributed by atoms with Crippen molar-refractivity contribution in [2.45, 2.75) is 18.9 Å². The minimum absolute atomic E-state index is 0.00981. The van der Waals surface area contributed by atoms with E-state index in [0.717, 1.165) is 10.8 Å². The fraction of sp³-hybridized carbons (Fsp3) is 0.385. The number of aldehydes is 1. The second-order valence-electron chi connectivity index (χ2n) is 4.42. The van der Waals surface area contributed by atoms with E-state index in [0.29, 0.717) is 37.2 Å². The Kier molecular flexibility index (Phi) is 4.42. The molecule has 1 aromatic carbocycles. The van der Waals surface area contributed by atoms with Crippen molar-refractivity contribution in [1.29, 1.82) is 0 Å². The molecule has 0 saturated carbocycles. The topological polar surface area (TPSA) is 66.8 Å². The molecule has 0 aromatic heterocycles. The summed E-state index contributed by atoms with van der Waals surface area (Å²) in [4.78, 5) is 22.9. The maximum Gasteiger partial charge on any atom is 0.407 e. The van der Waals surface area contributed by atoms with Crippen LogP contribution in [0.5, 0.6) is 5.75 Å². The molecule has 0 unspecified atom stereocenters. The molecular weight excluding hydrogens is 314 g/mol. The van der Waals surface area contributed by atoms with Gasteiger partial charge in [0.1, 0.15) is 18.1 Å². The van der Waals surface area contributed by atoms with Gasteiger partial charge in [-0.3, -0.25) is 4.79 Å². The second kappa shape index (κ2) is 6.06. The molecule has 6 heteroatoms. The second-order valence-corrected chi connectivity index (χ2v) is 5.34. The maximum absolute atomic E-state index is 10.8. The number of benzene rings is 1. The highest BCUT2D eigenvalue weighted by atomic mass is 79.9. The number of carbonyl (C=O) groups is 2. The van der Waals surface area contributed by atoms with Gasteiger partial charge in [-0.25, -0.2) is 4.79 Å². The van der Waals surface area contributed by atoms with Gasteiger partial charge in [0.05, 0.1) is 0 Å². The number of amides is 1. The van der Waals surface area contributed by atoms with Crippen LogP contribution in [-0.2, 0) is 0 Å². The third-order valence-electron chi connectivity index (χ3n) is 3.04. The van der Waals surface area contributed by atoms with Crippen molar-refractivity contribution >= 4 is 28.3 Å². The van der Waals surface area contributed by atoms with Crippen molar-refractivity contribution in [2.24, 2.45) is 0 Å². The van der Waals surface area contributed by atoms with Gasteiger partial charge >= 0.3 is 6.09 Å². The fourth-order valence-corrected chi connectivity index (χ4v) is 2.57. The van der Waals surface area contributed by atoms with Crippen LogP contribution in [-0.4, -0.2) is 41.6 Å². The van der Waals surface area contributed by atoms with Gasteiger partial charge in [-0.05, 0) is 18.2 Å². The predicted molar refractivity (Wildman–Crippen MR) is 72.8 cm³/mol. The maximum atomic E-state index is 10.8. The van der Waals surface area contributed by atoms with E-state index in [-0.39, 0.29) is 6.10 Å². The molecule has 1 N–H and O–H groups in total. The van der Waals surface area contributed by atoms with Crippen molar-refractivity contribution in [3.63, 3.8) is 0 Å². The van der Waals surface area contributed by atoms with Crippen LogP contribution in [0.3, 0.4) is 0 Å². The molecular formula is C13H14BrNO4. The van der Waals surface area contributed by atoms with Crippen LogP contribution in [0.2, 0.25) is 0 Å². The first kappa shape index (κ1) is 13.9. The molecule has 1 aromatic rings.